The molecule has 0 saturated carbocycles. The molecular formula is C23H31N3O3. The number of methoxy groups -OCH3 is 1. The van der Waals surface area contributed by atoms with Crippen LogP contribution in [0.5, 0.6) is 0 Å². The third kappa shape index (κ3) is 6.00. The molecule has 2 heterocycles. The van der Waals surface area contributed by atoms with E-state index in [1.165, 1.54) is 12.7 Å². The lowest BCUT2D eigenvalue weighted by molar-refractivity contribution is -0.156. The fourth-order valence-corrected chi connectivity index (χ4v) is 3.75. The van der Waals surface area contributed by atoms with Gasteiger partial charge in [0.15, 0.2) is 6.10 Å². The number of benzene rings is 1. The largest absolute Gasteiger partial charge is 0.463 e. The van der Waals surface area contributed by atoms with E-state index < -0.39 is 6.10 Å². The number of piperidine rings is 1. The van der Waals surface area contributed by atoms with Gasteiger partial charge in [0.05, 0.1) is 6.61 Å². The van der Waals surface area contributed by atoms with Gasteiger partial charge in [0, 0.05) is 32.6 Å². The molecule has 1 aliphatic heterocycles. The van der Waals surface area contributed by atoms with E-state index in [2.05, 4.69) is 21.8 Å². The number of ether oxygens (including phenoxy) is 2. The fraction of sp³-hybridized carbons (Fsp3) is 0.522. The predicted octanol–water partition coefficient (Wildman–Crippen LogP) is 3.97. The van der Waals surface area contributed by atoms with Crippen LogP contribution in [-0.2, 0) is 20.7 Å². The Hall–Kier alpha value is -2.47. The number of hydrogen-bond donors (Lipinski definition) is 0. The van der Waals surface area contributed by atoms with Crippen LogP contribution in [0.4, 0.5) is 5.95 Å². The van der Waals surface area contributed by atoms with E-state index >= 15 is 0 Å². The van der Waals surface area contributed by atoms with Crippen LogP contribution in [0, 0.1) is 5.92 Å². The number of esters is 1. The Morgan fingerprint density at radius 3 is 2.48 bits per heavy atom. The Morgan fingerprint density at radius 2 is 1.86 bits per heavy atom. The molecule has 0 spiro atoms. The van der Waals surface area contributed by atoms with Gasteiger partial charge in [0.1, 0.15) is 0 Å². The van der Waals surface area contributed by atoms with Crippen LogP contribution in [0.25, 0.3) is 0 Å². The molecule has 0 radical (unpaired) electrons. The lowest BCUT2D eigenvalue weighted by Gasteiger charge is -2.32. The van der Waals surface area contributed by atoms with Crippen LogP contribution in [0.1, 0.15) is 49.8 Å². The summed E-state index contributed by atoms with van der Waals surface area (Å²) in [7, 11) is 1.53. The summed E-state index contributed by atoms with van der Waals surface area (Å²) < 4.78 is 10.8. The standard InChI is InChI=1S/C23H31N3O3/c1-3-7-19-16-24-23(25-17-19)26-13-10-18(11-14-26)12-15-29-22(27)21(28-2)20-8-5-4-6-9-20/h4-6,8-9,16-18,21H,3,7,10-15H2,1-2H3/t21-/m0/s1. The molecule has 1 aromatic heterocycles. The zero-order valence-electron chi connectivity index (χ0n) is 17.4. The molecule has 0 N–H and O–H groups in total. The van der Waals surface area contributed by atoms with Crippen LogP contribution in [-0.4, -0.2) is 42.7 Å². The van der Waals surface area contributed by atoms with E-state index in [0.717, 1.165) is 56.7 Å². The van der Waals surface area contributed by atoms with E-state index in [1.807, 2.05) is 42.7 Å². The summed E-state index contributed by atoms with van der Waals surface area (Å²) in [6.07, 6.45) is 8.34. The van der Waals surface area contributed by atoms with Crippen molar-refractivity contribution in [2.24, 2.45) is 5.92 Å². The van der Waals surface area contributed by atoms with E-state index in [4.69, 9.17) is 9.47 Å². The first-order chi connectivity index (χ1) is 14.2. The quantitative estimate of drug-likeness (QED) is 0.597. The monoisotopic (exact) mass is 397 g/mol. The van der Waals surface area contributed by atoms with Crippen molar-refractivity contribution in [2.75, 3.05) is 31.7 Å². The van der Waals surface area contributed by atoms with Crippen LogP contribution < -0.4 is 4.90 Å². The summed E-state index contributed by atoms with van der Waals surface area (Å²) in [5.41, 5.74) is 2.01. The number of hydrogen-bond acceptors (Lipinski definition) is 6. The number of rotatable bonds is 9. The first-order valence-corrected chi connectivity index (χ1v) is 10.5. The normalized spacial score (nSPS) is 15.9. The van der Waals surface area contributed by atoms with Gasteiger partial charge in [-0.1, -0.05) is 43.7 Å². The smallest absolute Gasteiger partial charge is 0.339 e. The number of aryl methyl sites for hydroxylation is 1. The molecule has 0 aliphatic carbocycles. The lowest BCUT2D eigenvalue weighted by Crippen LogP contribution is -2.35. The minimum Gasteiger partial charge on any atom is -0.463 e. The predicted molar refractivity (Wildman–Crippen MR) is 113 cm³/mol. The van der Waals surface area contributed by atoms with Gasteiger partial charge in [-0.3, -0.25) is 0 Å². The van der Waals surface area contributed by atoms with Crippen LogP contribution in [0.15, 0.2) is 42.7 Å². The average Bonchev–Trinajstić information content (AvgIpc) is 2.76. The molecule has 1 aromatic carbocycles. The molecular weight excluding hydrogens is 366 g/mol. The van der Waals surface area contributed by atoms with Crippen LogP contribution in [0.2, 0.25) is 0 Å². The van der Waals surface area contributed by atoms with E-state index in [0.29, 0.717) is 12.5 Å². The SMILES string of the molecule is CCCc1cnc(N2CCC(CCOC(=O)[C@@H](OC)c3ccccc3)CC2)nc1. The molecule has 29 heavy (non-hydrogen) atoms. The second kappa shape index (κ2) is 10.9. The molecule has 6 heteroatoms. The molecule has 1 aliphatic rings. The van der Waals surface area contributed by atoms with E-state index in [1.54, 1.807) is 0 Å². The topological polar surface area (TPSA) is 64.6 Å². The Kier molecular flexibility index (Phi) is 7.99. The van der Waals surface area contributed by atoms with Crippen LogP contribution in [0.3, 0.4) is 0 Å². The molecule has 156 valence electrons. The Morgan fingerprint density at radius 1 is 1.17 bits per heavy atom. The summed E-state index contributed by atoms with van der Waals surface area (Å²) in [6, 6.07) is 9.45. The van der Waals surface area contributed by atoms with Crippen LogP contribution >= 0.6 is 0 Å². The zero-order valence-corrected chi connectivity index (χ0v) is 17.4. The van der Waals surface area contributed by atoms with E-state index in [9.17, 15) is 4.79 Å². The molecule has 1 fully saturated rings. The fourth-order valence-electron chi connectivity index (χ4n) is 3.75. The Balaban J connectivity index is 1.40. The molecule has 2 aromatic rings. The average molecular weight is 398 g/mol. The van der Waals surface area contributed by atoms with Crippen molar-refractivity contribution in [2.45, 2.75) is 45.1 Å². The second-order valence-electron chi connectivity index (χ2n) is 7.55. The third-order valence-electron chi connectivity index (χ3n) is 5.45. The first-order valence-electron chi connectivity index (χ1n) is 10.5. The third-order valence-corrected chi connectivity index (χ3v) is 5.45. The highest BCUT2D eigenvalue weighted by Crippen LogP contribution is 2.24. The van der Waals surface area contributed by atoms with Gasteiger partial charge in [-0.25, -0.2) is 14.8 Å². The number of carbonyl (C=O) groups excluding carboxylic acids is 1. The molecule has 0 amide bonds. The Labute approximate surface area is 173 Å². The van der Waals surface area contributed by atoms with Gasteiger partial charge in [0.25, 0.3) is 0 Å². The van der Waals surface area contributed by atoms with Crippen molar-refractivity contribution in [3.05, 3.63) is 53.9 Å². The summed E-state index contributed by atoms with van der Waals surface area (Å²) in [6.45, 7) is 4.47. The van der Waals surface area contributed by atoms with Gasteiger partial charge < -0.3 is 14.4 Å². The van der Waals surface area contributed by atoms with Gasteiger partial charge in [-0.2, -0.15) is 0 Å². The lowest BCUT2D eigenvalue weighted by atomic mass is 9.94. The highest BCUT2D eigenvalue weighted by atomic mass is 16.6. The number of anilines is 1. The number of nitrogens with zero attached hydrogens (tertiary/aromatic N) is 3. The number of aromatic nitrogens is 2. The van der Waals surface area contributed by atoms with Crippen molar-refractivity contribution < 1.29 is 14.3 Å². The summed E-state index contributed by atoms with van der Waals surface area (Å²) >= 11 is 0. The first kappa shape index (κ1) is 21.2. The highest BCUT2D eigenvalue weighted by molar-refractivity contribution is 5.76. The summed E-state index contributed by atoms with van der Waals surface area (Å²) in [5, 5.41) is 0. The van der Waals surface area contributed by atoms with Crippen molar-refractivity contribution in [1.82, 2.24) is 9.97 Å². The van der Waals surface area contributed by atoms with Crippen molar-refractivity contribution in [3.8, 4) is 0 Å². The maximum Gasteiger partial charge on any atom is 0.339 e. The molecule has 3 rings (SSSR count). The van der Waals surface area contributed by atoms with E-state index in [-0.39, 0.29) is 5.97 Å². The highest BCUT2D eigenvalue weighted by Gasteiger charge is 2.24. The van der Waals surface area contributed by atoms with Gasteiger partial charge in [0.2, 0.25) is 5.95 Å². The van der Waals surface area contributed by atoms with Crippen molar-refractivity contribution >= 4 is 11.9 Å². The molecule has 0 bridgehead atoms. The van der Waals surface area contributed by atoms with Crippen molar-refractivity contribution in [3.63, 3.8) is 0 Å². The van der Waals surface area contributed by atoms with Gasteiger partial charge in [-0.15, -0.1) is 0 Å². The Bertz CT molecular complexity index is 744. The maximum absolute atomic E-state index is 12.4. The zero-order chi connectivity index (χ0) is 20.5. The maximum atomic E-state index is 12.4. The number of carbonyl (C=O) groups is 1. The summed E-state index contributed by atoms with van der Waals surface area (Å²) in [5.74, 6) is 1.05. The minimum atomic E-state index is -0.661. The molecule has 6 nitrogen and oxygen atoms in total. The molecule has 1 atom stereocenters. The minimum absolute atomic E-state index is 0.322. The summed E-state index contributed by atoms with van der Waals surface area (Å²) in [4.78, 5) is 23.6. The second-order valence-corrected chi connectivity index (χ2v) is 7.55. The van der Waals surface area contributed by atoms with Gasteiger partial charge >= 0.3 is 5.97 Å². The molecule has 0 unspecified atom stereocenters. The molecule has 1 saturated heterocycles. The van der Waals surface area contributed by atoms with Gasteiger partial charge in [-0.05, 0) is 42.7 Å². The van der Waals surface area contributed by atoms with Crippen molar-refractivity contribution in [1.29, 1.82) is 0 Å².